The standard InChI is InChI=1S/C29H32O4/c1-4-5-13-31-26-14-20(2)29(21(3)15-26)23-8-6-7-22(16-23)18-32-25-9-10-27-24(11-12-30)19-33-28(27)17-25/h6-10,12,14-17,24H,4-5,11,13,18-19H2,1-3H3. The summed E-state index contributed by atoms with van der Waals surface area (Å²) >= 11 is 0. The van der Waals surface area contributed by atoms with Crippen LogP contribution in [0.2, 0.25) is 0 Å². The lowest BCUT2D eigenvalue weighted by molar-refractivity contribution is -0.108. The molecule has 33 heavy (non-hydrogen) atoms. The zero-order chi connectivity index (χ0) is 23.2. The van der Waals surface area contributed by atoms with E-state index in [2.05, 4.69) is 57.2 Å². The maximum absolute atomic E-state index is 10.9. The molecule has 0 spiro atoms. The van der Waals surface area contributed by atoms with Gasteiger partial charge < -0.3 is 19.0 Å². The van der Waals surface area contributed by atoms with Crippen molar-refractivity contribution in [1.82, 2.24) is 0 Å². The van der Waals surface area contributed by atoms with Crippen molar-refractivity contribution in [3.63, 3.8) is 0 Å². The Morgan fingerprint density at radius 3 is 2.58 bits per heavy atom. The van der Waals surface area contributed by atoms with Crippen LogP contribution in [0.1, 0.15) is 54.4 Å². The summed E-state index contributed by atoms with van der Waals surface area (Å²) in [5, 5.41) is 0. The van der Waals surface area contributed by atoms with Crippen LogP contribution in [0.5, 0.6) is 17.2 Å². The third kappa shape index (κ3) is 5.39. The maximum Gasteiger partial charge on any atom is 0.126 e. The monoisotopic (exact) mass is 444 g/mol. The molecule has 0 radical (unpaired) electrons. The molecule has 0 aromatic heterocycles. The second kappa shape index (κ2) is 10.6. The first kappa shape index (κ1) is 22.9. The summed E-state index contributed by atoms with van der Waals surface area (Å²) in [6.45, 7) is 8.23. The topological polar surface area (TPSA) is 44.8 Å². The van der Waals surface area contributed by atoms with Crippen LogP contribution < -0.4 is 14.2 Å². The SMILES string of the molecule is CCCCOc1cc(C)c(-c2cccc(COc3ccc4c(c3)OCC4CC=O)c2)c(C)c1. The van der Waals surface area contributed by atoms with E-state index in [1.807, 2.05) is 18.2 Å². The number of benzene rings is 3. The molecule has 4 rings (SSSR count). The highest BCUT2D eigenvalue weighted by atomic mass is 16.5. The highest BCUT2D eigenvalue weighted by Crippen LogP contribution is 2.38. The molecule has 0 aliphatic carbocycles. The molecule has 1 atom stereocenters. The Labute approximate surface area is 196 Å². The predicted molar refractivity (Wildman–Crippen MR) is 131 cm³/mol. The lowest BCUT2D eigenvalue weighted by Gasteiger charge is -2.15. The Kier molecular flexibility index (Phi) is 7.33. The number of hydrogen-bond donors (Lipinski definition) is 0. The molecular weight excluding hydrogens is 412 g/mol. The fraction of sp³-hybridized carbons (Fsp3) is 0.345. The van der Waals surface area contributed by atoms with Crippen LogP contribution in [-0.2, 0) is 11.4 Å². The zero-order valence-corrected chi connectivity index (χ0v) is 19.7. The van der Waals surface area contributed by atoms with Crippen LogP contribution in [0.3, 0.4) is 0 Å². The van der Waals surface area contributed by atoms with Crippen LogP contribution >= 0.6 is 0 Å². The fourth-order valence-corrected chi connectivity index (χ4v) is 4.44. The van der Waals surface area contributed by atoms with E-state index in [0.717, 1.165) is 54.1 Å². The minimum atomic E-state index is 0.151. The second-order valence-electron chi connectivity index (χ2n) is 8.73. The van der Waals surface area contributed by atoms with Gasteiger partial charge >= 0.3 is 0 Å². The summed E-state index contributed by atoms with van der Waals surface area (Å²) in [5.41, 5.74) is 7.03. The number of aryl methyl sites for hydroxylation is 2. The van der Waals surface area contributed by atoms with E-state index in [4.69, 9.17) is 14.2 Å². The van der Waals surface area contributed by atoms with Crippen molar-refractivity contribution in [1.29, 1.82) is 0 Å². The molecule has 3 aromatic carbocycles. The van der Waals surface area contributed by atoms with Crippen LogP contribution in [0, 0.1) is 13.8 Å². The van der Waals surface area contributed by atoms with Crippen LogP contribution in [-0.4, -0.2) is 19.5 Å². The largest absolute Gasteiger partial charge is 0.494 e. The maximum atomic E-state index is 10.9. The zero-order valence-electron chi connectivity index (χ0n) is 19.7. The van der Waals surface area contributed by atoms with Crippen LogP contribution in [0.15, 0.2) is 54.6 Å². The summed E-state index contributed by atoms with van der Waals surface area (Å²) in [6, 6.07) is 18.7. The molecule has 1 aliphatic heterocycles. The summed E-state index contributed by atoms with van der Waals surface area (Å²) in [5.74, 6) is 2.68. The van der Waals surface area contributed by atoms with Crippen molar-refractivity contribution in [3.8, 4) is 28.4 Å². The van der Waals surface area contributed by atoms with Gasteiger partial charge in [-0.3, -0.25) is 0 Å². The quantitative estimate of drug-likeness (QED) is 0.255. The Hall–Kier alpha value is -3.27. The summed E-state index contributed by atoms with van der Waals surface area (Å²) in [6.07, 6.45) is 3.64. The summed E-state index contributed by atoms with van der Waals surface area (Å²) in [4.78, 5) is 10.9. The third-order valence-electron chi connectivity index (χ3n) is 6.14. The van der Waals surface area contributed by atoms with E-state index in [0.29, 0.717) is 19.6 Å². The van der Waals surface area contributed by atoms with E-state index in [1.165, 1.54) is 22.3 Å². The number of fused-ring (bicyclic) bond motifs is 1. The van der Waals surface area contributed by atoms with E-state index in [1.54, 1.807) is 0 Å². The van der Waals surface area contributed by atoms with Gasteiger partial charge in [0.25, 0.3) is 0 Å². The number of ether oxygens (including phenoxy) is 3. The molecule has 172 valence electrons. The molecule has 0 N–H and O–H groups in total. The first-order valence-electron chi connectivity index (χ1n) is 11.8. The molecule has 4 nitrogen and oxygen atoms in total. The molecule has 0 saturated heterocycles. The van der Waals surface area contributed by atoms with Crippen molar-refractivity contribution in [2.75, 3.05) is 13.2 Å². The van der Waals surface area contributed by atoms with E-state index in [9.17, 15) is 4.79 Å². The predicted octanol–water partition coefficient (Wildman–Crippen LogP) is 6.79. The minimum Gasteiger partial charge on any atom is -0.494 e. The van der Waals surface area contributed by atoms with Gasteiger partial charge in [0.05, 0.1) is 13.2 Å². The summed E-state index contributed by atoms with van der Waals surface area (Å²) < 4.78 is 17.7. The highest BCUT2D eigenvalue weighted by Gasteiger charge is 2.24. The van der Waals surface area contributed by atoms with Crippen molar-refractivity contribution >= 4 is 6.29 Å². The Bertz CT molecular complexity index is 1100. The van der Waals surface area contributed by atoms with Crippen LogP contribution in [0.4, 0.5) is 0 Å². The lowest BCUT2D eigenvalue weighted by Crippen LogP contribution is -2.00. The van der Waals surface area contributed by atoms with Gasteiger partial charge in [-0.05, 0) is 72.4 Å². The molecule has 0 saturated carbocycles. The summed E-state index contributed by atoms with van der Waals surface area (Å²) in [7, 11) is 0. The Morgan fingerprint density at radius 1 is 1.00 bits per heavy atom. The van der Waals surface area contributed by atoms with E-state index < -0.39 is 0 Å². The third-order valence-corrected chi connectivity index (χ3v) is 6.14. The van der Waals surface area contributed by atoms with Gasteiger partial charge in [0.1, 0.15) is 30.1 Å². The molecule has 1 heterocycles. The van der Waals surface area contributed by atoms with Gasteiger partial charge in [-0.2, -0.15) is 0 Å². The Balaban J connectivity index is 1.46. The normalized spacial score (nSPS) is 14.5. The average molecular weight is 445 g/mol. The molecular formula is C29H32O4. The minimum absolute atomic E-state index is 0.151. The molecule has 1 unspecified atom stereocenters. The number of unbranched alkanes of at least 4 members (excludes halogenated alkanes) is 1. The Morgan fingerprint density at radius 2 is 1.82 bits per heavy atom. The van der Waals surface area contributed by atoms with Crippen molar-refractivity contribution < 1.29 is 19.0 Å². The molecule has 0 bridgehead atoms. The van der Waals surface area contributed by atoms with Gasteiger partial charge in [0, 0.05) is 24.0 Å². The van der Waals surface area contributed by atoms with Gasteiger partial charge in [-0.15, -0.1) is 0 Å². The number of carbonyl (C=O) groups excluding carboxylic acids is 1. The number of rotatable bonds is 10. The van der Waals surface area contributed by atoms with Gasteiger partial charge in [-0.25, -0.2) is 0 Å². The average Bonchev–Trinajstić information content (AvgIpc) is 3.20. The molecule has 1 aliphatic rings. The molecule has 0 amide bonds. The van der Waals surface area contributed by atoms with Crippen molar-refractivity contribution in [2.24, 2.45) is 0 Å². The van der Waals surface area contributed by atoms with Gasteiger partial charge in [0.2, 0.25) is 0 Å². The lowest BCUT2D eigenvalue weighted by atomic mass is 9.94. The van der Waals surface area contributed by atoms with Crippen molar-refractivity contribution in [2.45, 2.75) is 52.6 Å². The molecule has 4 heteroatoms. The van der Waals surface area contributed by atoms with E-state index >= 15 is 0 Å². The van der Waals surface area contributed by atoms with Gasteiger partial charge in [0.15, 0.2) is 0 Å². The number of aldehydes is 1. The second-order valence-corrected chi connectivity index (χ2v) is 8.73. The fourth-order valence-electron chi connectivity index (χ4n) is 4.44. The first-order chi connectivity index (χ1) is 16.1. The first-order valence-corrected chi connectivity index (χ1v) is 11.8. The molecule has 0 fully saturated rings. The van der Waals surface area contributed by atoms with Crippen molar-refractivity contribution in [3.05, 3.63) is 76.9 Å². The molecule has 3 aromatic rings. The van der Waals surface area contributed by atoms with Crippen LogP contribution in [0.25, 0.3) is 11.1 Å². The number of carbonyl (C=O) groups is 1. The smallest absolute Gasteiger partial charge is 0.126 e. The van der Waals surface area contributed by atoms with Gasteiger partial charge in [-0.1, -0.05) is 37.6 Å². The number of hydrogen-bond acceptors (Lipinski definition) is 4. The van der Waals surface area contributed by atoms with E-state index in [-0.39, 0.29) is 5.92 Å². The highest BCUT2D eigenvalue weighted by molar-refractivity contribution is 5.72.